The van der Waals surface area contributed by atoms with Gasteiger partial charge in [0.1, 0.15) is 11.6 Å². The van der Waals surface area contributed by atoms with Crippen molar-refractivity contribution in [2.24, 2.45) is 5.92 Å². The lowest BCUT2D eigenvalue weighted by Crippen LogP contribution is -2.41. The predicted molar refractivity (Wildman–Crippen MR) is 115 cm³/mol. The van der Waals surface area contributed by atoms with Crippen molar-refractivity contribution in [1.29, 1.82) is 0 Å². The van der Waals surface area contributed by atoms with Gasteiger partial charge in [0.2, 0.25) is 5.91 Å². The lowest BCUT2D eigenvalue weighted by Gasteiger charge is -2.32. The third-order valence-corrected chi connectivity index (χ3v) is 5.08. The van der Waals surface area contributed by atoms with Crippen LogP contribution in [0.3, 0.4) is 0 Å². The molecule has 2 aromatic carbocycles. The second-order valence-electron chi connectivity index (χ2n) is 7.12. The van der Waals surface area contributed by atoms with E-state index < -0.39 is 0 Å². The van der Waals surface area contributed by atoms with Crippen LogP contribution >= 0.6 is 0 Å². The third kappa shape index (κ3) is 4.68. The number of carbonyl (C=O) groups excluding carboxylic acids is 1. The molecule has 0 spiro atoms. The number of carbonyl (C=O) groups is 1. The number of nitrogens with one attached hydrogen (secondary N) is 1. The van der Waals surface area contributed by atoms with E-state index in [9.17, 15) is 4.79 Å². The van der Waals surface area contributed by atoms with Crippen molar-refractivity contribution in [2.75, 3.05) is 30.4 Å². The summed E-state index contributed by atoms with van der Waals surface area (Å²) in [6.07, 6.45) is 6.87. The molecule has 2 heterocycles. The maximum atomic E-state index is 12.8. The van der Waals surface area contributed by atoms with Gasteiger partial charge in [-0.3, -0.25) is 9.78 Å². The van der Waals surface area contributed by atoms with E-state index in [4.69, 9.17) is 9.47 Å². The zero-order valence-corrected chi connectivity index (χ0v) is 16.8. The second kappa shape index (κ2) is 9.26. The number of nitrogens with zero attached hydrogens (tertiary/aromatic N) is 3. The fourth-order valence-electron chi connectivity index (χ4n) is 3.53. The van der Waals surface area contributed by atoms with E-state index in [0.717, 1.165) is 30.9 Å². The minimum absolute atomic E-state index is 0.0157. The van der Waals surface area contributed by atoms with E-state index in [1.165, 1.54) is 0 Å². The van der Waals surface area contributed by atoms with Gasteiger partial charge < -0.3 is 19.7 Å². The van der Waals surface area contributed by atoms with Gasteiger partial charge in [-0.05, 0) is 49.2 Å². The highest BCUT2D eigenvalue weighted by atomic mass is 16.5. The molecule has 154 valence electrons. The van der Waals surface area contributed by atoms with Crippen LogP contribution in [0.2, 0.25) is 0 Å². The zero-order valence-electron chi connectivity index (χ0n) is 16.8. The summed E-state index contributed by atoms with van der Waals surface area (Å²) in [6.45, 7) is 1.52. The molecule has 1 unspecified atom stereocenters. The van der Waals surface area contributed by atoms with Gasteiger partial charge in [-0.2, -0.15) is 0 Å². The molecule has 7 heteroatoms. The number of amides is 1. The Hall–Kier alpha value is -3.61. The summed E-state index contributed by atoms with van der Waals surface area (Å²) in [7, 11) is 1.61. The number of methoxy groups -OCH3 is 1. The fraction of sp³-hybridized carbons (Fsp3) is 0.261. The molecule has 0 bridgehead atoms. The predicted octanol–water partition coefficient (Wildman–Crippen LogP) is 4.13. The summed E-state index contributed by atoms with van der Waals surface area (Å²) < 4.78 is 11.2. The molecule has 1 atom stereocenters. The third-order valence-electron chi connectivity index (χ3n) is 5.08. The Morgan fingerprint density at radius 3 is 2.63 bits per heavy atom. The standard InChI is InChI=1S/C23H24N4O3/c1-29-20-6-2-3-7-21(20)30-19-10-8-18(9-11-19)26-23(28)17-5-4-14-27(16-17)22-15-24-12-13-25-22/h2-3,6-13,15,17H,4-5,14,16H2,1H3,(H,26,28). The number of rotatable bonds is 6. The maximum Gasteiger partial charge on any atom is 0.229 e. The van der Waals surface area contributed by atoms with Crippen molar-refractivity contribution in [3.05, 3.63) is 67.1 Å². The molecule has 0 radical (unpaired) electrons. The first-order chi connectivity index (χ1) is 14.7. The van der Waals surface area contributed by atoms with Crippen molar-refractivity contribution in [3.8, 4) is 17.2 Å². The largest absolute Gasteiger partial charge is 0.493 e. The summed E-state index contributed by atoms with van der Waals surface area (Å²) in [5.74, 6) is 2.71. The van der Waals surface area contributed by atoms with Gasteiger partial charge in [-0.25, -0.2) is 4.98 Å². The highest BCUT2D eigenvalue weighted by Crippen LogP contribution is 2.31. The molecule has 3 aromatic rings. The minimum Gasteiger partial charge on any atom is -0.493 e. The highest BCUT2D eigenvalue weighted by Gasteiger charge is 2.26. The smallest absolute Gasteiger partial charge is 0.229 e. The molecule has 1 amide bonds. The van der Waals surface area contributed by atoms with E-state index in [2.05, 4.69) is 20.2 Å². The van der Waals surface area contributed by atoms with Gasteiger partial charge in [0.15, 0.2) is 11.5 Å². The van der Waals surface area contributed by atoms with E-state index >= 15 is 0 Å². The van der Waals surface area contributed by atoms with Crippen molar-refractivity contribution < 1.29 is 14.3 Å². The first-order valence-corrected chi connectivity index (χ1v) is 9.95. The number of piperidine rings is 1. The van der Waals surface area contributed by atoms with Crippen LogP contribution in [0.25, 0.3) is 0 Å². The van der Waals surface area contributed by atoms with Gasteiger partial charge in [-0.1, -0.05) is 12.1 Å². The lowest BCUT2D eigenvalue weighted by atomic mass is 9.97. The SMILES string of the molecule is COc1ccccc1Oc1ccc(NC(=O)C2CCCN(c3cnccn3)C2)cc1. The molecule has 30 heavy (non-hydrogen) atoms. The lowest BCUT2D eigenvalue weighted by molar-refractivity contribution is -0.120. The summed E-state index contributed by atoms with van der Waals surface area (Å²) in [6, 6.07) is 14.8. The van der Waals surface area contributed by atoms with Crippen LogP contribution in [-0.4, -0.2) is 36.1 Å². The molecule has 0 saturated carbocycles. The van der Waals surface area contributed by atoms with Crippen molar-refractivity contribution in [2.45, 2.75) is 12.8 Å². The number of ether oxygens (including phenoxy) is 2. The summed E-state index contributed by atoms with van der Waals surface area (Å²) in [5, 5.41) is 3.02. The maximum absolute atomic E-state index is 12.8. The summed E-state index contributed by atoms with van der Waals surface area (Å²) >= 11 is 0. The molecule has 7 nitrogen and oxygen atoms in total. The number of hydrogen-bond donors (Lipinski definition) is 1. The summed E-state index contributed by atoms with van der Waals surface area (Å²) in [4.78, 5) is 23.4. The van der Waals surface area contributed by atoms with Crippen LogP contribution in [0, 0.1) is 5.92 Å². The van der Waals surface area contributed by atoms with Gasteiger partial charge in [-0.15, -0.1) is 0 Å². The molecular weight excluding hydrogens is 380 g/mol. The normalized spacial score (nSPS) is 16.0. The molecular formula is C23H24N4O3. The molecule has 1 aliphatic heterocycles. The van der Waals surface area contributed by atoms with Gasteiger partial charge in [0, 0.05) is 31.2 Å². The average molecular weight is 404 g/mol. The van der Waals surface area contributed by atoms with Crippen LogP contribution < -0.4 is 19.7 Å². The Labute approximate surface area is 175 Å². The Bertz CT molecular complexity index is 979. The monoisotopic (exact) mass is 404 g/mol. The van der Waals surface area contributed by atoms with Crippen LogP contribution in [-0.2, 0) is 4.79 Å². The molecule has 1 aromatic heterocycles. The fourth-order valence-corrected chi connectivity index (χ4v) is 3.53. The molecule has 4 rings (SSSR count). The Balaban J connectivity index is 1.36. The second-order valence-corrected chi connectivity index (χ2v) is 7.12. The van der Waals surface area contributed by atoms with E-state index in [1.54, 1.807) is 25.7 Å². The average Bonchev–Trinajstić information content (AvgIpc) is 2.81. The van der Waals surface area contributed by atoms with Crippen molar-refractivity contribution in [3.63, 3.8) is 0 Å². The molecule has 1 aliphatic rings. The Morgan fingerprint density at radius 2 is 1.90 bits per heavy atom. The Kier molecular flexibility index (Phi) is 6.08. The molecule has 1 N–H and O–H groups in total. The first kappa shape index (κ1) is 19.7. The van der Waals surface area contributed by atoms with E-state index in [-0.39, 0.29) is 11.8 Å². The van der Waals surface area contributed by atoms with E-state index in [0.29, 0.717) is 23.8 Å². The van der Waals surface area contributed by atoms with Gasteiger partial charge in [0.05, 0.1) is 19.2 Å². The van der Waals surface area contributed by atoms with E-state index in [1.807, 2.05) is 48.5 Å². The molecule has 1 saturated heterocycles. The van der Waals surface area contributed by atoms with Crippen LogP contribution in [0.1, 0.15) is 12.8 Å². The summed E-state index contributed by atoms with van der Waals surface area (Å²) in [5.41, 5.74) is 0.740. The quantitative estimate of drug-likeness (QED) is 0.666. The van der Waals surface area contributed by atoms with Crippen LogP contribution in [0.5, 0.6) is 17.2 Å². The van der Waals surface area contributed by atoms with Crippen molar-refractivity contribution in [1.82, 2.24) is 9.97 Å². The Morgan fingerprint density at radius 1 is 1.10 bits per heavy atom. The van der Waals surface area contributed by atoms with Crippen LogP contribution in [0.4, 0.5) is 11.5 Å². The van der Waals surface area contributed by atoms with Crippen LogP contribution in [0.15, 0.2) is 67.1 Å². The topological polar surface area (TPSA) is 76.6 Å². The number of para-hydroxylation sites is 2. The first-order valence-electron chi connectivity index (χ1n) is 9.95. The number of aromatic nitrogens is 2. The number of hydrogen-bond acceptors (Lipinski definition) is 6. The van der Waals surface area contributed by atoms with Gasteiger partial charge in [0.25, 0.3) is 0 Å². The highest BCUT2D eigenvalue weighted by molar-refractivity contribution is 5.93. The zero-order chi connectivity index (χ0) is 20.8. The molecule has 0 aliphatic carbocycles. The van der Waals surface area contributed by atoms with Gasteiger partial charge >= 0.3 is 0 Å². The van der Waals surface area contributed by atoms with Crippen molar-refractivity contribution >= 4 is 17.4 Å². The minimum atomic E-state index is -0.0923. The number of anilines is 2. The molecule has 1 fully saturated rings. The number of benzene rings is 2.